The fourth-order valence-electron chi connectivity index (χ4n) is 2.59. The molecule has 1 aromatic rings. The second-order valence-electron chi connectivity index (χ2n) is 5.42. The summed E-state index contributed by atoms with van der Waals surface area (Å²) in [6.45, 7) is 0. The molecule has 4 N–H and O–H groups in total. The summed E-state index contributed by atoms with van der Waals surface area (Å²) in [7, 11) is 0. The van der Waals surface area contributed by atoms with Crippen LogP contribution in [0.4, 0.5) is 11.4 Å². The van der Waals surface area contributed by atoms with E-state index < -0.39 is 5.97 Å². The first-order valence-electron chi connectivity index (χ1n) is 6.55. The van der Waals surface area contributed by atoms with Crippen molar-refractivity contribution in [2.45, 2.75) is 31.7 Å². The van der Waals surface area contributed by atoms with Gasteiger partial charge in [0.15, 0.2) is 0 Å². The third-order valence-corrected chi connectivity index (χ3v) is 3.92. The summed E-state index contributed by atoms with van der Waals surface area (Å²) in [6.07, 6.45) is 5.14. The molecule has 0 bridgehead atoms. The van der Waals surface area contributed by atoms with Crippen LogP contribution in [0, 0.1) is 11.8 Å². The zero-order valence-corrected chi connectivity index (χ0v) is 10.2. The maximum atomic E-state index is 11.0. The Morgan fingerprint density at radius 1 is 1.28 bits per heavy atom. The van der Waals surface area contributed by atoms with Gasteiger partial charge in [-0.2, -0.15) is 0 Å². The highest BCUT2D eigenvalue weighted by Gasteiger charge is 2.41. The average molecular weight is 246 g/mol. The summed E-state index contributed by atoms with van der Waals surface area (Å²) in [5, 5.41) is 12.5. The number of carboxylic acids is 1. The van der Waals surface area contributed by atoms with Crippen molar-refractivity contribution in [3.8, 4) is 0 Å². The van der Waals surface area contributed by atoms with Gasteiger partial charge in [-0.3, -0.25) is 0 Å². The first kappa shape index (κ1) is 11.4. The lowest BCUT2D eigenvalue weighted by atomic mass is 10.1. The maximum Gasteiger partial charge on any atom is 0.337 e. The van der Waals surface area contributed by atoms with E-state index in [0.29, 0.717) is 11.7 Å². The lowest BCUT2D eigenvalue weighted by Gasteiger charge is -2.20. The molecule has 96 valence electrons. The van der Waals surface area contributed by atoms with Crippen molar-refractivity contribution < 1.29 is 9.90 Å². The molecule has 0 radical (unpaired) electrons. The van der Waals surface area contributed by atoms with Crippen LogP contribution in [-0.4, -0.2) is 17.1 Å². The molecule has 1 aromatic carbocycles. The van der Waals surface area contributed by atoms with Crippen LogP contribution < -0.4 is 11.1 Å². The van der Waals surface area contributed by atoms with Crippen molar-refractivity contribution in [3.05, 3.63) is 23.8 Å². The molecule has 4 heteroatoms. The highest BCUT2D eigenvalue weighted by molar-refractivity contribution is 5.97. The van der Waals surface area contributed by atoms with E-state index >= 15 is 0 Å². The lowest BCUT2D eigenvalue weighted by molar-refractivity contribution is 0.0698. The van der Waals surface area contributed by atoms with E-state index in [-0.39, 0.29) is 5.56 Å². The molecule has 0 spiro atoms. The number of nitrogens with two attached hydrogens (primary N) is 1. The van der Waals surface area contributed by atoms with Crippen molar-refractivity contribution in [1.29, 1.82) is 0 Å². The van der Waals surface area contributed by atoms with Gasteiger partial charge in [0.2, 0.25) is 0 Å². The van der Waals surface area contributed by atoms with E-state index in [0.717, 1.165) is 17.5 Å². The zero-order valence-electron chi connectivity index (χ0n) is 10.2. The number of rotatable bonds is 5. The Morgan fingerprint density at radius 2 is 1.89 bits per heavy atom. The SMILES string of the molecule is Nc1c(NC(C2CC2)C2CC2)cccc1C(=O)O. The molecule has 2 aliphatic carbocycles. The maximum absolute atomic E-state index is 11.0. The van der Waals surface area contributed by atoms with E-state index in [1.54, 1.807) is 12.1 Å². The van der Waals surface area contributed by atoms with Crippen LogP contribution in [0.2, 0.25) is 0 Å². The molecular formula is C14H18N2O2. The van der Waals surface area contributed by atoms with Crippen molar-refractivity contribution in [2.75, 3.05) is 11.1 Å². The van der Waals surface area contributed by atoms with E-state index in [2.05, 4.69) is 5.32 Å². The highest BCUT2D eigenvalue weighted by atomic mass is 16.4. The number of anilines is 2. The zero-order chi connectivity index (χ0) is 12.7. The predicted molar refractivity (Wildman–Crippen MR) is 70.7 cm³/mol. The van der Waals surface area contributed by atoms with Crippen LogP contribution in [-0.2, 0) is 0 Å². The van der Waals surface area contributed by atoms with Gasteiger partial charge in [-0.15, -0.1) is 0 Å². The summed E-state index contributed by atoms with van der Waals surface area (Å²) in [5.74, 6) is 0.543. The lowest BCUT2D eigenvalue weighted by Crippen LogP contribution is -2.25. The number of carbonyl (C=O) groups is 1. The van der Waals surface area contributed by atoms with Crippen molar-refractivity contribution >= 4 is 17.3 Å². The molecule has 0 aromatic heterocycles. The quantitative estimate of drug-likeness (QED) is 0.698. The van der Waals surface area contributed by atoms with E-state index in [1.807, 2.05) is 6.07 Å². The normalized spacial score (nSPS) is 18.9. The fourth-order valence-corrected chi connectivity index (χ4v) is 2.59. The molecular weight excluding hydrogens is 228 g/mol. The van der Waals surface area contributed by atoms with E-state index in [9.17, 15) is 4.79 Å². The molecule has 0 heterocycles. The van der Waals surface area contributed by atoms with Crippen LogP contribution in [0.1, 0.15) is 36.0 Å². The van der Waals surface area contributed by atoms with E-state index in [4.69, 9.17) is 10.8 Å². The van der Waals surface area contributed by atoms with Gasteiger partial charge in [-0.1, -0.05) is 6.07 Å². The summed E-state index contributed by atoms with van der Waals surface area (Å²) in [4.78, 5) is 11.0. The molecule has 2 fully saturated rings. The molecule has 0 aliphatic heterocycles. The molecule has 0 atom stereocenters. The van der Waals surface area contributed by atoms with Crippen LogP contribution in [0.3, 0.4) is 0 Å². The van der Waals surface area contributed by atoms with Gasteiger partial charge in [0.25, 0.3) is 0 Å². The number of nitrogens with one attached hydrogen (secondary N) is 1. The topological polar surface area (TPSA) is 75.3 Å². The highest BCUT2D eigenvalue weighted by Crippen LogP contribution is 2.46. The molecule has 4 nitrogen and oxygen atoms in total. The molecule has 2 aliphatic rings. The number of aromatic carboxylic acids is 1. The molecule has 0 amide bonds. The van der Waals surface area contributed by atoms with Gasteiger partial charge in [0, 0.05) is 6.04 Å². The summed E-state index contributed by atoms with van der Waals surface area (Å²) < 4.78 is 0. The third-order valence-electron chi connectivity index (χ3n) is 3.92. The number of nitrogen functional groups attached to an aromatic ring is 1. The largest absolute Gasteiger partial charge is 0.478 e. The molecule has 3 rings (SSSR count). The first-order chi connectivity index (χ1) is 8.66. The van der Waals surface area contributed by atoms with Gasteiger partial charge in [-0.25, -0.2) is 4.79 Å². The van der Waals surface area contributed by atoms with Gasteiger partial charge < -0.3 is 16.2 Å². The second-order valence-corrected chi connectivity index (χ2v) is 5.42. The minimum atomic E-state index is -0.967. The van der Waals surface area contributed by atoms with Crippen molar-refractivity contribution in [1.82, 2.24) is 0 Å². The summed E-state index contributed by atoms with van der Waals surface area (Å²) in [5.41, 5.74) is 7.25. The van der Waals surface area contributed by atoms with Gasteiger partial charge in [0.1, 0.15) is 0 Å². The van der Waals surface area contributed by atoms with Crippen LogP contribution in [0.15, 0.2) is 18.2 Å². The Balaban J connectivity index is 1.82. The van der Waals surface area contributed by atoms with Gasteiger partial charge >= 0.3 is 5.97 Å². The van der Waals surface area contributed by atoms with Crippen LogP contribution >= 0.6 is 0 Å². The minimum absolute atomic E-state index is 0.186. The Hall–Kier alpha value is -1.71. The average Bonchev–Trinajstić information content (AvgIpc) is 3.20. The van der Waals surface area contributed by atoms with E-state index in [1.165, 1.54) is 25.7 Å². The Labute approximate surface area is 106 Å². The van der Waals surface area contributed by atoms with Gasteiger partial charge in [-0.05, 0) is 49.7 Å². The number of benzene rings is 1. The third kappa shape index (κ3) is 2.15. The Bertz CT molecular complexity index is 467. The van der Waals surface area contributed by atoms with Gasteiger partial charge in [0.05, 0.1) is 16.9 Å². The molecule has 2 saturated carbocycles. The summed E-state index contributed by atoms with van der Waals surface area (Å²) >= 11 is 0. The standard InChI is InChI=1S/C14H18N2O2/c15-12-10(14(17)18)2-1-3-11(12)16-13(8-4-5-8)9-6-7-9/h1-3,8-9,13,16H,4-7,15H2,(H,17,18). The van der Waals surface area contributed by atoms with Crippen LogP contribution in [0.25, 0.3) is 0 Å². The fraction of sp³-hybridized carbons (Fsp3) is 0.500. The second kappa shape index (κ2) is 4.19. The molecule has 0 saturated heterocycles. The summed E-state index contributed by atoms with van der Waals surface area (Å²) in [6, 6.07) is 5.65. The first-order valence-corrected chi connectivity index (χ1v) is 6.55. The minimum Gasteiger partial charge on any atom is -0.478 e. The number of hydrogen-bond acceptors (Lipinski definition) is 3. The van der Waals surface area contributed by atoms with Crippen molar-refractivity contribution in [3.63, 3.8) is 0 Å². The monoisotopic (exact) mass is 246 g/mol. The smallest absolute Gasteiger partial charge is 0.337 e. The number of carboxylic acid groups (broad SMARTS) is 1. The Morgan fingerprint density at radius 3 is 2.39 bits per heavy atom. The number of para-hydroxylation sites is 1. The number of hydrogen-bond donors (Lipinski definition) is 3. The molecule has 18 heavy (non-hydrogen) atoms. The van der Waals surface area contributed by atoms with Crippen molar-refractivity contribution in [2.24, 2.45) is 11.8 Å². The molecule has 0 unspecified atom stereocenters. The predicted octanol–water partition coefficient (Wildman–Crippen LogP) is 2.57. The Kier molecular flexibility index (Phi) is 2.65. The van der Waals surface area contributed by atoms with Crippen LogP contribution in [0.5, 0.6) is 0 Å².